The molecule has 27 heavy (non-hydrogen) atoms. The molecule has 0 aliphatic carbocycles. The SMILES string of the molecule is CC(C)(C)CCC1NC(=O)CCc2cn(c3ccccc23)C(C)(C)OC1=O. The predicted molar refractivity (Wildman–Crippen MR) is 106 cm³/mol. The average Bonchev–Trinajstić information content (AvgIpc) is 2.94. The maximum absolute atomic E-state index is 12.9. The van der Waals surface area contributed by atoms with Crippen molar-refractivity contribution in [2.24, 2.45) is 5.41 Å². The number of esters is 1. The predicted octanol–water partition coefficient (Wildman–Crippen LogP) is 4.13. The molecule has 1 amide bonds. The molecule has 146 valence electrons. The lowest BCUT2D eigenvalue weighted by Gasteiger charge is -2.31. The molecule has 0 saturated carbocycles. The Kier molecular flexibility index (Phi) is 5.06. The second-order valence-electron chi connectivity index (χ2n) is 9.13. The van der Waals surface area contributed by atoms with Gasteiger partial charge >= 0.3 is 5.97 Å². The molecule has 1 unspecified atom stereocenters. The fraction of sp³-hybridized carbons (Fsp3) is 0.545. The largest absolute Gasteiger partial charge is 0.438 e. The number of fused-ring (bicyclic) bond motifs is 5. The molecule has 0 fully saturated rings. The number of rotatable bonds is 2. The smallest absolute Gasteiger partial charge is 0.330 e. The number of cyclic esters (lactones) is 1. The third kappa shape index (κ3) is 4.34. The highest BCUT2D eigenvalue weighted by molar-refractivity contribution is 5.87. The van der Waals surface area contributed by atoms with Crippen LogP contribution in [0.15, 0.2) is 30.5 Å². The summed E-state index contributed by atoms with van der Waals surface area (Å²) in [5, 5.41) is 4.00. The molecule has 0 spiro atoms. The quantitative estimate of drug-likeness (QED) is 0.809. The van der Waals surface area contributed by atoms with Gasteiger partial charge < -0.3 is 14.6 Å². The first kappa shape index (κ1) is 19.5. The Balaban J connectivity index is 1.97. The van der Waals surface area contributed by atoms with E-state index in [2.05, 4.69) is 32.2 Å². The second kappa shape index (κ2) is 7.02. The average molecular weight is 370 g/mol. The number of para-hydroxylation sites is 1. The van der Waals surface area contributed by atoms with E-state index in [1.54, 1.807) is 0 Å². The lowest BCUT2D eigenvalue weighted by atomic mass is 9.88. The maximum Gasteiger partial charge on any atom is 0.330 e. The van der Waals surface area contributed by atoms with Gasteiger partial charge in [0.15, 0.2) is 5.72 Å². The Morgan fingerprint density at radius 1 is 1.19 bits per heavy atom. The van der Waals surface area contributed by atoms with Crippen molar-refractivity contribution in [3.8, 4) is 0 Å². The van der Waals surface area contributed by atoms with Gasteiger partial charge in [0.2, 0.25) is 5.91 Å². The third-order valence-corrected chi connectivity index (χ3v) is 5.15. The molecular formula is C22H30N2O3. The fourth-order valence-electron chi connectivity index (χ4n) is 3.60. The molecule has 3 rings (SSSR count). The van der Waals surface area contributed by atoms with Gasteiger partial charge in [-0.2, -0.15) is 0 Å². The number of hydrogen-bond donors (Lipinski definition) is 1. The molecular weight excluding hydrogens is 340 g/mol. The number of benzene rings is 1. The summed E-state index contributed by atoms with van der Waals surface area (Å²) >= 11 is 0. The van der Waals surface area contributed by atoms with Crippen molar-refractivity contribution in [1.82, 2.24) is 9.88 Å². The molecule has 1 aliphatic heterocycles. The standard InChI is InChI=1S/C22H30N2O3/c1-21(2,3)13-12-17-20(26)27-22(4,5)24-14-15(10-11-19(25)23-17)16-8-6-7-9-18(16)24/h6-9,14,17H,10-13H2,1-5H3,(H,23,25). The summed E-state index contributed by atoms with van der Waals surface area (Å²) in [5.74, 6) is -0.485. The van der Waals surface area contributed by atoms with Crippen molar-refractivity contribution < 1.29 is 14.3 Å². The highest BCUT2D eigenvalue weighted by atomic mass is 16.6. The van der Waals surface area contributed by atoms with Crippen LogP contribution in [0.2, 0.25) is 0 Å². The molecule has 5 nitrogen and oxygen atoms in total. The Bertz CT molecular complexity index is 858. The van der Waals surface area contributed by atoms with E-state index in [-0.39, 0.29) is 17.3 Å². The van der Waals surface area contributed by atoms with Crippen LogP contribution in [0.25, 0.3) is 10.9 Å². The number of amides is 1. The molecule has 1 aliphatic rings. The van der Waals surface area contributed by atoms with Crippen molar-refractivity contribution in [2.75, 3.05) is 0 Å². The summed E-state index contributed by atoms with van der Waals surface area (Å²) in [4.78, 5) is 25.4. The summed E-state index contributed by atoms with van der Waals surface area (Å²) in [6, 6.07) is 7.43. The number of hydrogen-bond acceptors (Lipinski definition) is 3. The van der Waals surface area contributed by atoms with Gasteiger partial charge in [0, 0.05) is 18.0 Å². The number of ether oxygens (including phenoxy) is 1. The number of nitrogens with one attached hydrogen (secondary N) is 1. The van der Waals surface area contributed by atoms with E-state index >= 15 is 0 Å². The van der Waals surface area contributed by atoms with E-state index < -0.39 is 11.8 Å². The van der Waals surface area contributed by atoms with Crippen LogP contribution >= 0.6 is 0 Å². The maximum atomic E-state index is 12.9. The van der Waals surface area contributed by atoms with Crippen LogP contribution in [-0.2, 0) is 26.5 Å². The molecule has 1 aromatic heterocycles. The minimum Gasteiger partial charge on any atom is -0.438 e. The highest BCUT2D eigenvalue weighted by Crippen LogP contribution is 2.31. The van der Waals surface area contributed by atoms with E-state index in [4.69, 9.17) is 4.74 Å². The van der Waals surface area contributed by atoms with E-state index in [9.17, 15) is 9.59 Å². The number of nitrogens with zero attached hydrogens (tertiary/aromatic N) is 1. The van der Waals surface area contributed by atoms with Gasteiger partial charge in [0.25, 0.3) is 0 Å². The van der Waals surface area contributed by atoms with Crippen LogP contribution in [0.3, 0.4) is 0 Å². The van der Waals surface area contributed by atoms with Gasteiger partial charge in [0.05, 0.1) is 5.52 Å². The summed E-state index contributed by atoms with van der Waals surface area (Å²) in [7, 11) is 0. The van der Waals surface area contributed by atoms with E-state index in [0.717, 1.165) is 22.9 Å². The van der Waals surface area contributed by atoms with Crippen LogP contribution in [-0.4, -0.2) is 22.5 Å². The molecule has 2 heterocycles. The van der Waals surface area contributed by atoms with Crippen LogP contribution in [0.5, 0.6) is 0 Å². The zero-order chi connectivity index (χ0) is 19.8. The van der Waals surface area contributed by atoms with Gasteiger partial charge in [-0.1, -0.05) is 39.0 Å². The van der Waals surface area contributed by atoms with E-state index in [0.29, 0.717) is 19.3 Å². The Labute approximate surface area is 161 Å². The Morgan fingerprint density at radius 3 is 2.59 bits per heavy atom. The van der Waals surface area contributed by atoms with Crippen molar-refractivity contribution >= 4 is 22.8 Å². The van der Waals surface area contributed by atoms with Crippen molar-refractivity contribution in [2.45, 2.75) is 72.1 Å². The van der Waals surface area contributed by atoms with Crippen molar-refractivity contribution in [1.29, 1.82) is 0 Å². The molecule has 0 radical (unpaired) electrons. The van der Waals surface area contributed by atoms with Crippen molar-refractivity contribution in [3.05, 3.63) is 36.0 Å². The van der Waals surface area contributed by atoms with E-state index in [1.165, 1.54) is 0 Å². The van der Waals surface area contributed by atoms with Gasteiger partial charge in [-0.05, 0) is 50.2 Å². The minimum atomic E-state index is -0.843. The van der Waals surface area contributed by atoms with Crippen LogP contribution < -0.4 is 5.32 Å². The van der Waals surface area contributed by atoms with Gasteiger partial charge in [0.1, 0.15) is 6.04 Å². The second-order valence-corrected chi connectivity index (χ2v) is 9.13. The molecule has 2 aromatic rings. The summed E-state index contributed by atoms with van der Waals surface area (Å²) in [5.41, 5.74) is 1.34. The molecule has 1 atom stereocenters. The molecule has 2 bridgehead atoms. The minimum absolute atomic E-state index is 0.0812. The number of aromatic nitrogens is 1. The fourth-order valence-corrected chi connectivity index (χ4v) is 3.60. The third-order valence-electron chi connectivity index (χ3n) is 5.15. The molecule has 1 N–H and O–H groups in total. The normalized spacial score (nSPS) is 20.7. The summed E-state index contributed by atoms with van der Waals surface area (Å²) in [6.45, 7) is 10.2. The van der Waals surface area contributed by atoms with Gasteiger partial charge in [-0.15, -0.1) is 0 Å². The molecule has 5 heteroatoms. The Hall–Kier alpha value is -2.30. The van der Waals surface area contributed by atoms with Gasteiger partial charge in [-0.25, -0.2) is 4.79 Å². The number of aryl methyl sites for hydroxylation is 1. The monoisotopic (exact) mass is 370 g/mol. The zero-order valence-electron chi connectivity index (χ0n) is 17.0. The van der Waals surface area contributed by atoms with Crippen LogP contribution in [0.4, 0.5) is 0 Å². The first-order valence-corrected chi connectivity index (χ1v) is 9.68. The lowest BCUT2D eigenvalue weighted by molar-refractivity contribution is -0.169. The summed E-state index contributed by atoms with van der Waals surface area (Å²) in [6.07, 6.45) is 4.40. The Morgan fingerprint density at radius 2 is 1.89 bits per heavy atom. The van der Waals surface area contributed by atoms with Crippen LogP contribution in [0, 0.1) is 5.41 Å². The first-order valence-electron chi connectivity index (χ1n) is 9.68. The number of carbonyl (C=O) groups excluding carboxylic acids is 2. The topological polar surface area (TPSA) is 60.3 Å². The summed E-state index contributed by atoms with van der Waals surface area (Å²) < 4.78 is 7.92. The first-order chi connectivity index (χ1) is 12.6. The molecule has 0 saturated heterocycles. The van der Waals surface area contributed by atoms with E-state index in [1.807, 2.05) is 42.8 Å². The number of carbonyl (C=O) groups is 2. The van der Waals surface area contributed by atoms with Gasteiger partial charge in [-0.3, -0.25) is 4.79 Å². The lowest BCUT2D eigenvalue weighted by Crippen LogP contribution is -2.45. The zero-order valence-corrected chi connectivity index (χ0v) is 17.0. The van der Waals surface area contributed by atoms with Crippen LogP contribution in [0.1, 0.15) is 59.4 Å². The highest BCUT2D eigenvalue weighted by Gasteiger charge is 2.33. The molecule has 1 aromatic carbocycles. The van der Waals surface area contributed by atoms with Crippen molar-refractivity contribution in [3.63, 3.8) is 0 Å².